The minimum absolute atomic E-state index is 0.0664. The third-order valence-corrected chi connectivity index (χ3v) is 6.33. The fourth-order valence-corrected chi connectivity index (χ4v) is 4.68. The maximum absolute atomic E-state index is 12.4. The van der Waals surface area contributed by atoms with E-state index in [9.17, 15) is 13.5 Å². The number of nitrogens with one attached hydrogen (secondary N) is 1. The summed E-state index contributed by atoms with van der Waals surface area (Å²) >= 11 is 0. The first-order valence-electron chi connectivity index (χ1n) is 6.74. The Morgan fingerprint density at radius 2 is 2.26 bits per heavy atom. The molecule has 2 fully saturated rings. The molecule has 1 aromatic rings. The van der Waals surface area contributed by atoms with E-state index in [1.54, 1.807) is 0 Å². The number of hydrogen-bond donors (Lipinski definition) is 2. The summed E-state index contributed by atoms with van der Waals surface area (Å²) < 4.78 is 26.3. The van der Waals surface area contributed by atoms with Gasteiger partial charge in [-0.15, -0.1) is 0 Å². The van der Waals surface area contributed by atoms with Crippen LogP contribution in [0.3, 0.4) is 0 Å². The molecule has 0 bridgehead atoms. The third-order valence-electron chi connectivity index (χ3n) is 4.50. The molecule has 1 aliphatic carbocycles. The summed E-state index contributed by atoms with van der Waals surface area (Å²) in [7, 11) is -3.47. The lowest BCUT2D eigenvalue weighted by atomic mass is 9.72. The Balaban J connectivity index is 1.82. The minimum atomic E-state index is -3.47. The lowest BCUT2D eigenvalue weighted by Gasteiger charge is -2.46. The molecule has 1 saturated heterocycles. The molecule has 2 aliphatic rings. The van der Waals surface area contributed by atoms with E-state index in [4.69, 9.17) is 0 Å². The Labute approximate surface area is 112 Å². The molecule has 0 spiro atoms. The largest absolute Gasteiger partial charge is 0.390 e. The molecule has 1 saturated carbocycles. The van der Waals surface area contributed by atoms with Gasteiger partial charge in [-0.2, -0.15) is 9.40 Å². The van der Waals surface area contributed by atoms with Gasteiger partial charge in [-0.3, -0.25) is 5.10 Å². The molecule has 7 heteroatoms. The SMILES string of the molecule is O=S(=O)(c1cn[nH]c1)N1CC[C@@]2(O)CCCC[C@H]2C1. The maximum Gasteiger partial charge on any atom is 0.246 e. The molecule has 0 radical (unpaired) electrons. The highest BCUT2D eigenvalue weighted by molar-refractivity contribution is 7.89. The molecule has 2 heterocycles. The summed E-state index contributed by atoms with van der Waals surface area (Å²) in [5, 5.41) is 16.8. The lowest BCUT2D eigenvalue weighted by Crippen LogP contribution is -2.54. The molecule has 0 amide bonds. The van der Waals surface area contributed by atoms with Gasteiger partial charge >= 0.3 is 0 Å². The van der Waals surface area contributed by atoms with Gasteiger partial charge in [0.1, 0.15) is 4.90 Å². The van der Waals surface area contributed by atoms with Gasteiger partial charge in [0.15, 0.2) is 0 Å². The maximum atomic E-state index is 12.4. The van der Waals surface area contributed by atoms with Gasteiger partial charge in [-0.1, -0.05) is 12.8 Å². The van der Waals surface area contributed by atoms with Crippen LogP contribution in [0.1, 0.15) is 32.1 Å². The van der Waals surface area contributed by atoms with Crippen LogP contribution >= 0.6 is 0 Å². The number of aliphatic hydroxyl groups is 1. The summed E-state index contributed by atoms with van der Waals surface area (Å²) in [5.41, 5.74) is -0.652. The van der Waals surface area contributed by atoms with Gasteiger partial charge < -0.3 is 5.11 Å². The molecular formula is C12H19N3O3S. The number of hydrogen-bond acceptors (Lipinski definition) is 4. The van der Waals surface area contributed by atoms with E-state index in [1.807, 2.05) is 0 Å². The van der Waals surface area contributed by atoms with Crippen molar-refractivity contribution >= 4 is 10.0 Å². The fraction of sp³-hybridized carbons (Fsp3) is 0.750. The van der Waals surface area contributed by atoms with Gasteiger partial charge in [0.2, 0.25) is 10.0 Å². The standard InChI is InChI=1S/C12H19N3O3S/c16-12-4-2-1-3-10(12)9-15(6-5-12)19(17,18)11-7-13-14-8-11/h7-8,10,16H,1-6,9H2,(H,13,14)/t10-,12-/m0/s1. The van der Waals surface area contributed by atoms with Gasteiger partial charge in [0.05, 0.1) is 11.8 Å². The highest BCUT2D eigenvalue weighted by atomic mass is 32.2. The summed E-state index contributed by atoms with van der Waals surface area (Å²) in [6.45, 7) is 0.810. The van der Waals surface area contributed by atoms with Crippen LogP contribution in [0.4, 0.5) is 0 Å². The smallest absolute Gasteiger partial charge is 0.246 e. The van der Waals surface area contributed by atoms with E-state index >= 15 is 0 Å². The van der Waals surface area contributed by atoms with Crippen LogP contribution in [-0.2, 0) is 10.0 Å². The Hall–Kier alpha value is -0.920. The quantitative estimate of drug-likeness (QED) is 0.838. The van der Waals surface area contributed by atoms with Crippen LogP contribution < -0.4 is 0 Å². The van der Waals surface area contributed by atoms with E-state index in [-0.39, 0.29) is 10.8 Å². The van der Waals surface area contributed by atoms with E-state index in [0.717, 1.165) is 25.7 Å². The Morgan fingerprint density at radius 3 is 3.00 bits per heavy atom. The molecular weight excluding hydrogens is 266 g/mol. The third kappa shape index (κ3) is 2.19. The highest BCUT2D eigenvalue weighted by Crippen LogP contribution is 2.40. The molecule has 2 N–H and O–H groups in total. The van der Waals surface area contributed by atoms with Crippen molar-refractivity contribution in [3.8, 4) is 0 Å². The van der Waals surface area contributed by atoms with Crippen molar-refractivity contribution in [3.63, 3.8) is 0 Å². The van der Waals surface area contributed by atoms with Crippen LogP contribution in [0.25, 0.3) is 0 Å². The molecule has 1 aromatic heterocycles. The fourth-order valence-electron chi connectivity index (χ4n) is 3.29. The second-order valence-electron chi connectivity index (χ2n) is 5.59. The van der Waals surface area contributed by atoms with Crippen molar-refractivity contribution < 1.29 is 13.5 Å². The van der Waals surface area contributed by atoms with Crippen molar-refractivity contribution in [2.45, 2.75) is 42.6 Å². The normalized spacial score (nSPS) is 33.0. The van der Waals surface area contributed by atoms with Crippen molar-refractivity contribution in [2.75, 3.05) is 13.1 Å². The molecule has 1 aliphatic heterocycles. The van der Waals surface area contributed by atoms with Gasteiger partial charge in [0.25, 0.3) is 0 Å². The first kappa shape index (κ1) is 13.1. The Morgan fingerprint density at radius 1 is 1.42 bits per heavy atom. The van der Waals surface area contributed by atoms with Crippen molar-refractivity contribution in [2.24, 2.45) is 5.92 Å². The van der Waals surface area contributed by atoms with Gasteiger partial charge in [-0.05, 0) is 19.3 Å². The zero-order chi connectivity index (χ0) is 13.5. The second-order valence-corrected chi connectivity index (χ2v) is 7.53. The minimum Gasteiger partial charge on any atom is -0.390 e. The molecule has 3 rings (SSSR count). The number of H-pyrrole nitrogens is 1. The molecule has 2 atom stereocenters. The van der Waals surface area contributed by atoms with Crippen LogP contribution in [0.15, 0.2) is 17.3 Å². The van der Waals surface area contributed by atoms with E-state index in [0.29, 0.717) is 19.5 Å². The zero-order valence-corrected chi connectivity index (χ0v) is 11.6. The molecule has 0 aromatic carbocycles. The van der Waals surface area contributed by atoms with Crippen LogP contribution in [0, 0.1) is 5.92 Å². The van der Waals surface area contributed by atoms with Crippen LogP contribution in [-0.4, -0.2) is 46.7 Å². The van der Waals surface area contributed by atoms with E-state index < -0.39 is 15.6 Å². The molecule has 0 unspecified atom stereocenters. The monoisotopic (exact) mass is 285 g/mol. The van der Waals surface area contributed by atoms with E-state index in [1.165, 1.54) is 16.7 Å². The molecule has 106 valence electrons. The predicted octanol–water partition coefficient (Wildman–Crippen LogP) is 0.725. The van der Waals surface area contributed by atoms with E-state index in [2.05, 4.69) is 10.2 Å². The summed E-state index contributed by atoms with van der Waals surface area (Å²) in [6, 6.07) is 0. The van der Waals surface area contributed by atoms with Crippen molar-refractivity contribution in [3.05, 3.63) is 12.4 Å². The number of nitrogens with zero attached hydrogens (tertiary/aromatic N) is 2. The average molecular weight is 285 g/mol. The van der Waals surface area contributed by atoms with Crippen LogP contribution in [0.2, 0.25) is 0 Å². The number of piperidine rings is 1. The number of fused-ring (bicyclic) bond motifs is 1. The Kier molecular flexibility index (Phi) is 3.15. The van der Waals surface area contributed by atoms with Crippen molar-refractivity contribution in [1.82, 2.24) is 14.5 Å². The summed E-state index contributed by atoms with van der Waals surface area (Å²) in [4.78, 5) is 0.203. The Bertz CT molecular complexity index is 543. The first-order valence-corrected chi connectivity index (χ1v) is 8.18. The van der Waals surface area contributed by atoms with Gasteiger partial charge in [0, 0.05) is 25.2 Å². The molecule has 19 heavy (non-hydrogen) atoms. The predicted molar refractivity (Wildman–Crippen MR) is 68.9 cm³/mol. The number of aromatic nitrogens is 2. The van der Waals surface area contributed by atoms with Crippen LogP contribution in [0.5, 0.6) is 0 Å². The first-order chi connectivity index (χ1) is 9.02. The zero-order valence-electron chi connectivity index (χ0n) is 10.7. The number of sulfonamides is 1. The second kappa shape index (κ2) is 4.57. The highest BCUT2D eigenvalue weighted by Gasteiger charge is 2.45. The number of rotatable bonds is 2. The molecule has 6 nitrogen and oxygen atoms in total. The average Bonchev–Trinajstić information content (AvgIpc) is 2.92. The summed E-state index contributed by atoms with van der Waals surface area (Å²) in [6.07, 6.45) is 7.10. The topological polar surface area (TPSA) is 86.3 Å². The van der Waals surface area contributed by atoms with Gasteiger partial charge in [-0.25, -0.2) is 8.42 Å². The number of aromatic amines is 1. The summed E-state index contributed by atoms with van der Waals surface area (Å²) in [5.74, 6) is 0.0664. The van der Waals surface area contributed by atoms with Crippen molar-refractivity contribution in [1.29, 1.82) is 0 Å². The lowest BCUT2D eigenvalue weighted by molar-refractivity contribution is -0.0816.